The van der Waals surface area contributed by atoms with Crippen molar-refractivity contribution in [1.82, 2.24) is 0 Å². The summed E-state index contributed by atoms with van der Waals surface area (Å²) >= 11 is 5.87. The molecule has 0 atom stereocenters. The zero-order valence-electron chi connectivity index (χ0n) is 10.3. The Labute approximate surface area is 112 Å². The molecule has 0 aromatic heterocycles. The minimum absolute atomic E-state index is 0.495. The van der Waals surface area contributed by atoms with Crippen molar-refractivity contribution in [1.29, 1.82) is 0 Å². The standard InChI is InChI=1S/C15H16ClNO/c1-2-11-4-3-5-13(8-11)18-10-12-6-7-14(16)15(17)9-12/h3-9H,2,10,17H2,1H3. The number of hydrogen-bond donors (Lipinski definition) is 1. The molecule has 0 spiro atoms. The van der Waals surface area contributed by atoms with Gasteiger partial charge in [-0.05, 0) is 41.8 Å². The minimum Gasteiger partial charge on any atom is -0.489 e. The number of nitrogen functional groups attached to an aromatic ring is 1. The Bertz CT molecular complexity index is 540. The summed E-state index contributed by atoms with van der Waals surface area (Å²) in [6.07, 6.45) is 1.01. The molecule has 2 aromatic rings. The van der Waals surface area contributed by atoms with Crippen LogP contribution in [0.2, 0.25) is 5.02 Å². The number of rotatable bonds is 4. The highest BCUT2D eigenvalue weighted by Gasteiger charge is 2.00. The number of benzene rings is 2. The van der Waals surface area contributed by atoms with Crippen molar-refractivity contribution >= 4 is 17.3 Å². The third kappa shape index (κ3) is 3.17. The first-order valence-corrected chi connectivity index (χ1v) is 6.32. The molecule has 0 fully saturated rings. The number of anilines is 1. The summed E-state index contributed by atoms with van der Waals surface area (Å²) < 4.78 is 5.73. The molecule has 94 valence electrons. The maximum atomic E-state index is 5.87. The molecule has 0 aliphatic rings. The van der Waals surface area contributed by atoms with E-state index in [1.807, 2.05) is 24.3 Å². The van der Waals surface area contributed by atoms with E-state index in [-0.39, 0.29) is 0 Å². The topological polar surface area (TPSA) is 35.2 Å². The first kappa shape index (κ1) is 12.8. The van der Waals surface area contributed by atoms with E-state index in [0.717, 1.165) is 17.7 Å². The van der Waals surface area contributed by atoms with Gasteiger partial charge in [0.05, 0.1) is 10.7 Å². The summed E-state index contributed by atoms with van der Waals surface area (Å²) in [6, 6.07) is 13.7. The summed E-state index contributed by atoms with van der Waals surface area (Å²) in [7, 11) is 0. The predicted octanol–water partition coefficient (Wildman–Crippen LogP) is 4.06. The largest absolute Gasteiger partial charge is 0.489 e. The Morgan fingerprint density at radius 2 is 1.94 bits per heavy atom. The van der Waals surface area contributed by atoms with Crippen molar-refractivity contribution in [2.45, 2.75) is 20.0 Å². The van der Waals surface area contributed by atoms with Crippen molar-refractivity contribution in [3.63, 3.8) is 0 Å². The summed E-state index contributed by atoms with van der Waals surface area (Å²) in [6.45, 7) is 2.62. The van der Waals surface area contributed by atoms with Crippen molar-refractivity contribution in [3.8, 4) is 5.75 Å². The van der Waals surface area contributed by atoms with E-state index in [1.165, 1.54) is 5.56 Å². The first-order valence-electron chi connectivity index (χ1n) is 5.94. The SMILES string of the molecule is CCc1cccc(OCc2ccc(Cl)c(N)c2)c1. The zero-order chi connectivity index (χ0) is 13.0. The van der Waals surface area contributed by atoms with Gasteiger partial charge in [0.1, 0.15) is 12.4 Å². The number of aryl methyl sites for hydroxylation is 1. The summed E-state index contributed by atoms with van der Waals surface area (Å²) in [5.41, 5.74) is 8.61. The van der Waals surface area contributed by atoms with Gasteiger partial charge >= 0.3 is 0 Å². The lowest BCUT2D eigenvalue weighted by Gasteiger charge is -2.08. The first-order chi connectivity index (χ1) is 8.69. The van der Waals surface area contributed by atoms with Crippen LogP contribution in [0.3, 0.4) is 0 Å². The normalized spacial score (nSPS) is 10.3. The van der Waals surface area contributed by atoms with Crippen LogP contribution in [0.25, 0.3) is 0 Å². The van der Waals surface area contributed by atoms with Gasteiger partial charge in [0.2, 0.25) is 0 Å². The molecule has 0 heterocycles. The fraction of sp³-hybridized carbons (Fsp3) is 0.200. The van der Waals surface area contributed by atoms with Gasteiger partial charge in [-0.1, -0.05) is 36.7 Å². The molecule has 0 bridgehead atoms. The molecular weight excluding hydrogens is 246 g/mol. The quantitative estimate of drug-likeness (QED) is 0.843. The highest BCUT2D eigenvalue weighted by molar-refractivity contribution is 6.33. The second-order valence-corrected chi connectivity index (χ2v) is 4.55. The van der Waals surface area contributed by atoms with Crippen molar-refractivity contribution in [2.75, 3.05) is 5.73 Å². The average molecular weight is 262 g/mol. The summed E-state index contributed by atoms with van der Waals surface area (Å²) in [5.74, 6) is 0.878. The maximum absolute atomic E-state index is 5.87. The van der Waals surface area contributed by atoms with Crippen LogP contribution in [-0.2, 0) is 13.0 Å². The van der Waals surface area contributed by atoms with Crippen molar-refractivity contribution < 1.29 is 4.74 Å². The molecule has 0 aliphatic carbocycles. The van der Waals surface area contributed by atoms with E-state index in [1.54, 1.807) is 6.07 Å². The number of nitrogens with two attached hydrogens (primary N) is 1. The molecular formula is C15H16ClNO. The van der Waals surface area contributed by atoms with E-state index in [0.29, 0.717) is 17.3 Å². The Morgan fingerprint density at radius 3 is 2.67 bits per heavy atom. The van der Waals surface area contributed by atoms with Gasteiger partial charge in [0, 0.05) is 0 Å². The van der Waals surface area contributed by atoms with Crippen LogP contribution in [0.15, 0.2) is 42.5 Å². The number of halogens is 1. The minimum atomic E-state index is 0.495. The highest BCUT2D eigenvalue weighted by Crippen LogP contribution is 2.21. The molecule has 2 rings (SSSR count). The zero-order valence-corrected chi connectivity index (χ0v) is 11.1. The fourth-order valence-corrected chi connectivity index (χ4v) is 1.82. The molecule has 18 heavy (non-hydrogen) atoms. The molecule has 0 unspecified atom stereocenters. The third-order valence-corrected chi connectivity index (χ3v) is 3.12. The van der Waals surface area contributed by atoms with E-state index >= 15 is 0 Å². The van der Waals surface area contributed by atoms with E-state index in [4.69, 9.17) is 22.1 Å². The van der Waals surface area contributed by atoms with Crippen LogP contribution in [-0.4, -0.2) is 0 Å². The molecule has 0 saturated carbocycles. The van der Waals surface area contributed by atoms with Crippen LogP contribution in [0.1, 0.15) is 18.1 Å². The van der Waals surface area contributed by atoms with Crippen LogP contribution in [0.4, 0.5) is 5.69 Å². The van der Waals surface area contributed by atoms with Crippen LogP contribution in [0, 0.1) is 0 Å². The predicted molar refractivity (Wildman–Crippen MR) is 76.0 cm³/mol. The Hall–Kier alpha value is -1.67. The van der Waals surface area contributed by atoms with Crippen molar-refractivity contribution in [3.05, 3.63) is 58.6 Å². The number of ether oxygens (including phenoxy) is 1. The Kier molecular flexibility index (Phi) is 4.11. The molecule has 0 amide bonds. The lowest BCUT2D eigenvalue weighted by Crippen LogP contribution is -1.97. The molecule has 0 aliphatic heterocycles. The maximum Gasteiger partial charge on any atom is 0.120 e. The second kappa shape index (κ2) is 5.78. The average Bonchev–Trinajstić information content (AvgIpc) is 2.40. The molecule has 2 aromatic carbocycles. The third-order valence-electron chi connectivity index (χ3n) is 2.77. The van der Waals surface area contributed by atoms with Gasteiger partial charge in [0.25, 0.3) is 0 Å². The second-order valence-electron chi connectivity index (χ2n) is 4.15. The van der Waals surface area contributed by atoms with E-state index in [9.17, 15) is 0 Å². The van der Waals surface area contributed by atoms with E-state index < -0.39 is 0 Å². The highest BCUT2D eigenvalue weighted by atomic mass is 35.5. The Balaban J connectivity index is 2.04. The van der Waals surface area contributed by atoms with Gasteiger partial charge < -0.3 is 10.5 Å². The fourth-order valence-electron chi connectivity index (χ4n) is 1.70. The monoisotopic (exact) mass is 261 g/mol. The van der Waals surface area contributed by atoms with Crippen LogP contribution in [0.5, 0.6) is 5.75 Å². The smallest absolute Gasteiger partial charge is 0.120 e. The summed E-state index contributed by atoms with van der Waals surface area (Å²) in [5, 5.41) is 0.576. The molecule has 0 radical (unpaired) electrons. The van der Waals surface area contributed by atoms with Crippen molar-refractivity contribution in [2.24, 2.45) is 0 Å². The van der Waals surface area contributed by atoms with E-state index in [2.05, 4.69) is 19.1 Å². The van der Waals surface area contributed by atoms with Gasteiger partial charge in [-0.15, -0.1) is 0 Å². The van der Waals surface area contributed by atoms with Gasteiger partial charge in [0.15, 0.2) is 0 Å². The van der Waals surface area contributed by atoms with Crippen LogP contribution >= 0.6 is 11.6 Å². The molecule has 2 nitrogen and oxygen atoms in total. The summed E-state index contributed by atoms with van der Waals surface area (Å²) in [4.78, 5) is 0. The molecule has 0 saturated heterocycles. The molecule has 3 heteroatoms. The van der Waals surface area contributed by atoms with Crippen LogP contribution < -0.4 is 10.5 Å². The van der Waals surface area contributed by atoms with Gasteiger partial charge in [-0.3, -0.25) is 0 Å². The Morgan fingerprint density at radius 1 is 1.11 bits per heavy atom. The lowest BCUT2D eigenvalue weighted by atomic mass is 10.1. The van der Waals surface area contributed by atoms with Gasteiger partial charge in [-0.25, -0.2) is 0 Å². The molecule has 2 N–H and O–H groups in total. The number of hydrogen-bond acceptors (Lipinski definition) is 2. The van der Waals surface area contributed by atoms with Gasteiger partial charge in [-0.2, -0.15) is 0 Å². The lowest BCUT2D eigenvalue weighted by molar-refractivity contribution is 0.306.